The molecule has 6 heteroatoms. The largest absolute Gasteiger partial charge is 0.379 e. The maximum absolute atomic E-state index is 12.4. The first-order valence-corrected chi connectivity index (χ1v) is 7.45. The molecule has 0 heterocycles. The highest BCUT2D eigenvalue weighted by Gasteiger charge is 2.24. The number of anilines is 1. The fraction of sp³-hybridized carbons (Fsp3) is 0.533. The zero-order valence-corrected chi connectivity index (χ0v) is 12.2. The fourth-order valence-electron chi connectivity index (χ4n) is 2.65. The van der Waals surface area contributed by atoms with Crippen LogP contribution in [0.3, 0.4) is 0 Å². The van der Waals surface area contributed by atoms with Gasteiger partial charge in [-0.25, -0.2) is 0 Å². The molecule has 1 saturated carbocycles. The van der Waals surface area contributed by atoms with E-state index < -0.39 is 4.92 Å². The van der Waals surface area contributed by atoms with Gasteiger partial charge in [0.2, 0.25) is 0 Å². The van der Waals surface area contributed by atoms with Crippen LogP contribution in [0.15, 0.2) is 18.2 Å². The van der Waals surface area contributed by atoms with E-state index in [1.807, 2.05) is 6.92 Å². The number of hydrogen-bond acceptors (Lipinski definition) is 4. The summed E-state index contributed by atoms with van der Waals surface area (Å²) in [7, 11) is 0. The van der Waals surface area contributed by atoms with Gasteiger partial charge < -0.3 is 10.6 Å². The number of para-hydroxylation sites is 1. The van der Waals surface area contributed by atoms with Crippen molar-refractivity contribution in [2.45, 2.75) is 45.1 Å². The minimum absolute atomic E-state index is 0.0532. The molecule has 0 unspecified atom stereocenters. The van der Waals surface area contributed by atoms with Gasteiger partial charge in [-0.05, 0) is 25.3 Å². The number of amides is 1. The van der Waals surface area contributed by atoms with Crippen LogP contribution in [0.2, 0.25) is 0 Å². The van der Waals surface area contributed by atoms with E-state index in [2.05, 4.69) is 10.6 Å². The molecule has 114 valence electrons. The van der Waals surface area contributed by atoms with Gasteiger partial charge in [0.25, 0.3) is 11.6 Å². The van der Waals surface area contributed by atoms with Gasteiger partial charge in [0.1, 0.15) is 5.69 Å². The van der Waals surface area contributed by atoms with Crippen molar-refractivity contribution in [3.63, 3.8) is 0 Å². The number of nitro groups is 1. The smallest absolute Gasteiger partial charge is 0.293 e. The maximum atomic E-state index is 12.4. The van der Waals surface area contributed by atoms with Crippen molar-refractivity contribution in [1.29, 1.82) is 0 Å². The van der Waals surface area contributed by atoms with Gasteiger partial charge in [0, 0.05) is 18.7 Å². The van der Waals surface area contributed by atoms with E-state index in [1.165, 1.54) is 6.07 Å². The Kier molecular flexibility index (Phi) is 5.14. The lowest BCUT2D eigenvalue weighted by Gasteiger charge is -2.15. The molecule has 1 aromatic rings. The van der Waals surface area contributed by atoms with Crippen LogP contribution >= 0.6 is 0 Å². The maximum Gasteiger partial charge on any atom is 0.293 e. The van der Waals surface area contributed by atoms with E-state index in [-0.39, 0.29) is 17.6 Å². The predicted molar refractivity (Wildman–Crippen MR) is 81.6 cm³/mol. The van der Waals surface area contributed by atoms with Crippen molar-refractivity contribution >= 4 is 17.3 Å². The molecule has 1 amide bonds. The zero-order chi connectivity index (χ0) is 15.2. The van der Waals surface area contributed by atoms with Crippen LogP contribution in [0.4, 0.5) is 11.4 Å². The molecule has 1 aromatic carbocycles. The van der Waals surface area contributed by atoms with Crippen LogP contribution in [0.5, 0.6) is 0 Å². The van der Waals surface area contributed by atoms with Crippen LogP contribution in [0, 0.1) is 10.1 Å². The second-order valence-electron chi connectivity index (χ2n) is 5.34. The Balaban J connectivity index is 2.25. The van der Waals surface area contributed by atoms with Gasteiger partial charge in [-0.1, -0.05) is 25.8 Å². The minimum atomic E-state index is -0.454. The minimum Gasteiger partial charge on any atom is -0.379 e. The van der Waals surface area contributed by atoms with Gasteiger partial charge >= 0.3 is 0 Å². The number of carbonyl (C=O) groups excluding carboxylic acids is 1. The van der Waals surface area contributed by atoms with Crippen LogP contribution in [0.25, 0.3) is 0 Å². The lowest BCUT2D eigenvalue weighted by Crippen LogP contribution is -2.33. The van der Waals surface area contributed by atoms with Crippen molar-refractivity contribution in [2.75, 3.05) is 11.9 Å². The molecule has 2 rings (SSSR count). The molecule has 0 radical (unpaired) electrons. The molecular weight excluding hydrogens is 270 g/mol. The number of hydrogen-bond donors (Lipinski definition) is 2. The molecule has 1 aliphatic carbocycles. The number of nitrogens with one attached hydrogen (secondary N) is 2. The van der Waals surface area contributed by atoms with Gasteiger partial charge in [-0.15, -0.1) is 0 Å². The highest BCUT2D eigenvalue weighted by Crippen LogP contribution is 2.29. The number of nitrogens with zero attached hydrogens (tertiary/aromatic N) is 1. The number of benzene rings is 1. The summed E-state index contributed by atoms with van der Waals surface area (Å²) in [5.41, 5.74) is 0.618. The molecule has 0 atom stereocenters. The SMILES string of the molecule is CCCNc1c(C(=O)NC2CCCC2)cccc1[N+](=O)[O-]. The topological polar surface area (TPSA) is 84.3 Å². The lowest BCUT2D eigenvalue weighted by atomic mass is 10.1. The van der Waals surface area contributed by atoms with E-state index in [1.54, 1.807) is 12.1 Å². The van der Waals surface area contributed by atoms with Crippen molar-refractivity contribution in [2.24, 2.45) is 0 Å². The molecule has 6 nitrogen and oxygen atoms in total. The second-order valence-corrected chi connectivity index (χ2v) is 5.34. The van der Waals surface area contributed by atoms with E-state index in [0.717, 1.165) is 32.1 Å². The molecule has 1 aliphatic rings. The van der Waals surface area contributed by atoms with Crippen LogP contribution in [0.1, 0.15) is 49.4 Å². The van der Waals surface area contributed by atoms with Crippen LogP contribution in [-0.4, -0.2) is 23.4 Å². The normalized spacial score (nSPS) is 14.9. The summed E-state index contributed by atoms with van der Waals surface area (Å²) >= 11 is 0. The summed E-state index contributed by atoms with van der Waals surface area (Å²) in [5, 5.41) is 17.1. The summed E-state index contributed by atoms with van der Waals surface area (Å²) in [5.74, 6) is -0.232. The summed E-state index contributed by atoms with van der Waals surface area (Å²) in [4.78, 5) is 23.1. The molecule has 0 aliphatic heterocycles. The molecule has 2 N–H and O–H groups in total. The third-order valence-corrected chi connectivity index (χ3v) is 3.73. The fourth-order valence-corrected chi connectivity index (χ4v) is 2.65. The highest BCUT2D eigenvalue weighted by atomic mass is 16.6. The summed E-state index contributed by atoms with van der Waals surface area (Å²) in [6, 6.07) is 4.80. The first-order chi connectivity index (χ1) is 10.1. The van der Waals surface area contributed by atoms with E-state index in [9.17, 15) is 14.9 Å². The molecular formula is C15H21N3O3. The van der Waals surface area contributed by atoms with Crippen molar-refractivity contribution in [3.8, 4) is 0 Å². The first kappa shape index (κ1) is 15.3. The van der Waals surface area contributed by atoms with Crippen molar-refractivity contribution in [1.82, 2.24) is 5.32 Å². The second kappa shape index (κ2) is 7.06. The summed E-state index contributed by atoms with van der Waals surface area (Å²) in [6.45, 7) is 2.56. The van der Waals surface area contributed by atoms with E-state index in [4.69, 9.17) is 0 Å². The highest BCUT2D eigenvalue weighted by molar-refractivity contribution is 6.01. The average molecular weight is 291 g/mol. The zero-order valence-electron chi connectivity index (χ0n) is 12.2. The Hall–Kier alpha value is -2.11. The molecule has 0 saturated heterocycles. The summed E-state index contributed by atoms with van der Waals surface area (Å²) in [6.07, 6.45) is 5.05. The lowest BCUT2D eigenvalue weighted by molar-refractivity contribution is -0.384. The Morgan fingerprint density at radius 3 is 2.71 bits per heavy atom. The Morgan fingerprint density at radius 2 is 2.10 bits per heavy atom. The number of nitro benzene ring substituents is 1. The third-order valence-electron chi connectivity index (χ3n) is 3.73. The number of carbonyl (C=O) groups is 1. The molecule has 0 spiro atoms. The van der Waals surface area contributed by atoms with E-state index >= 15 is 0 Å². The van der Waals surface area contributed by atoms with Gasteiger partial charge in [-0.3, -0.25) is 14.9 Å². The molecule has 21 heavy (non-hydrogen) atoms. The molecule has 1 fully saturated rings. The van der Waals surface area contributed by atoms with E-state index in [0.29, 0.717) is 17.8 Å². The van der Waals surface area contributed by atoms with Crippen molar-refractivity contribution < 1.29 is 9.72 Å². The Morgan fingerprint density at radius 1 is 1.38 bits per heavy atom. The quantitative estimate of drug-likeness (QED) is 0.623. The van der Waals surface area contributed by atoms with Gasteiger partial charge in [0.05, 0.1) is 10.5 Å². The third kappa shape index (κ3) is 3.71. The molecule has 0 aromatic heterocycles. The summed E-state index contributed by atoms with van der Waals surface area (Å²) < 4.78 is 0. The number of rotatable bonds is 6. The van der Waals surface area contributed by atoms with Crippen LogP contribution < -0.4 is 10.6 Å². The monoisotopic (exact) mass is 291 g/mol. The first-order valence-electron chi connectivity index (χ1n) is 7.45. The average Bonchev–Trinajstić information content (AvgIpc) is 2.97. The predicted octanol–water partition coefficient (Wildman–Crippen LogP) is 3.09. The molecule has 0 bridgehead atoms. The Labute approximate surface area is 124 Å². The standard InChI is InChI=1S/C15H21N3O3/c1-2-10-16-14-12(8-5-9-13(14)18(20)21)15(19)17-11-6-3-4-7-11/h5,8-9,11,16H,2-4,6-7,10H2,1H3,(H,17,19). The van der Waals surface area contributed by atoms with Gasteiger partial charge in [0.15, 0.2) is 0 Å². The Bertz CT molecular complexity index is 525. The van der Waals surface area contributed by atoms with Crippen molar-refractivity contribution in [3.05, 3.63) is 33.9 Å². The van der Waals surface area contributed by atoms with Crippen LogP contribution in [-0.2, 0) is 0 Å². The van der Waals surface area contributed by atoms with Gasteiger partial charge in [-0.2, -0.15) is 0 Å².